The number of anilines is 1. The van der Waals surface area contributed by atoms with E-state index in [4.69, 9.17) is 11.6 Å². The minimum atomic E-state index is 0.953. The van der Waals surface area contributed by atoms with Gasteiger partial charge in [-0.2, -0.15) is 5.10 Å². The van der Waals surface area contributed by atoms with Gasteiger partial charge in [-0.15, -0.1) is 0 Å². The molecule has 0 saturated carbocycles. The molecule has 1 aromatic rings. The zero-order valence-corrected chi connectivity index (χ0v) is 10.1. The monoisotopic (exact) mass is 234 g/mol. The van der Waals surface area contributed by atoms with Crippen molar-refractivity contribution in [3.8, 4) is 0 Å². The number of hydrogen-bond acceptors (Lipinski definition) is 2. The third-order valence-corrected chi connectivity index (χ3v) is 3.09. The van der Waals surface area contributed by atoms with Crippen molar-refractivity contribution in [1.82, 2.24) is 0 Å². The zero-order chi connectivity index (χ0) is 11.4. The maximum absolute atomic E-state index is 6.04. The summed E-state index contributed by atoms with van der Waals surface area (Å²) in [6.45, 7) is 2.07. The van der Waals surface area contributed by atoms with Crippen LogP contribution in [0.3, 0.4) is 0 Å². The van der Waals surface area contributed by atoms with Crippen LogP contribution in [0.5, 0.6) is 0 Å². The zero-order valence-electron chi connectivity index (χ0n) is 9.33. The van der Waals surface area contributed by atoms with Gasteiger partial charge in [0.25, 0.3) is 0 Å². The molecule has 0 bridgehead atoms. The molecule has 3 heteroatoms. The molecule has 2 nitrogen and oxygen atoms in total. The Labute approximate surface area is 101 Å². The van der Waals surface area contributed by atoms with Crippen molar-refractivity contribution in [2.75, 3.05) is 5.43 Å². The standard InChI is InChI=1S/C13H15ClN2/c1-10-5-7-12(8-6-10)16-15-9-11-3-2-4-13(11)14/h5-9,16H,2-4H2,1H3. The lowest BCUT2D eigenvalue weighted by Crippen LogP contribution is -1.91. The molecule has 0 atom stereocenters. The van der Waals surface area contributed by atoms with Crippen LogP contribution in [0, 0.1) is 6.92 Å². The van der Waals surface area contributed by atoms with Crippen LogP contribution in [-0.4, -0.2) is 6.21 Å². The minimum absolute atomic E-state index is 0.953. The molecule has 0 spiro atoms. The second-order valence-electron chi connectivity index (χ2n) is 4.02. The largest absolute Gasteiger partial charge is 0.279 e. The molecule has 0 aromatic heterocycles. The van der Waals surface area contributed by atoms with E-state index in [-0.39, 0.29) is 0 Å². The summed E-state index contributed by atoms with van der Waals surface area (Å²) in [4.78, 5) is 0. The topological polar surface area (TPSA) is 24.4 Å². The van der Waals surface area contributed by atoms with E-state index in [1.54, 1.807) is 0 Å². The summed E-state index contributed by atoms with van der Waals surface area (Å²) in [5, 5.41) is 5.14. The van der Waals surface area contributed by atoms with Crippen LogP contribution < -0.4 is 5.43 Å². The molecule has 2 rings (SSSR count). The Bertz CT molecular complexity index is 418. The maximum atomic E-state index is 6.04. The van der Waals surface area contributed by atoms with Gasteiger partial charge >= 0.3 is 0 Å². The van der Waals surface area contributed by atoms with Gasteiger partial charge in [-0.25, -0.2) is 0 Å². The van der Waals surface area contributed by atoms with Crippen LogP contribution >= 0.6 is 11.6 Å². The van der Waals surface area contributed by atoms with Gasteiger partial charge in [-0.3, -0.25) is 5.43 Å². The molecule has 0 heterocycles. The van der Waals surface area contributed by atoms with Gasteiger partial charge in [-0.1, -0.05) is 29.3 Å². The number of hydrazone groups is 1. The van der Waals surface area contributed by atoms with E-state index in [1.165, 1.54) is 5.56 Å². The highest BCUT2D eigenvalue weighted by atomic mass is 35.5. The number of nitrogens with zero attached hydrogens (tertiary/aromatic N) is 1. The van der Waals surface area contributed by atoms with Crippen molar-refractivity contribution < 1.29 is 0 Å². The fourth-order valence-electron chi connectivity index (χ4n) is 1.68. The Morgan fingerprint density at radius 1 is 1.25 bits per heavy atom. The fourth-order valence-corrected chi connectivity index (χ4v) is 1.95. The van der Waals surface area contributed by atoms with Crippen molar-refractivity contribution >= 4 is 23.5 Å². The molecular weight excluding hydrogens is 220 g/mol. The van der Waals surface area contributed by atoms with Gasteiger partial charge in [0.15, 0.2) is 0 Å². The molecule has 0 radical (unpaired) electrons. The molecule has 1 aromatic carbocycles. The van der Waals surface area contributed by atoms with Gasteiger partial charge in [0.05, 0.1) is 11.9 Å². The van der Waals surface area contributed by atoms with Crippen LogP contribution in [0.1, 0.15) is 24.8 Å². The van der Waals surface area contributed by atoms with Crippen LogP contribution in [0.4, 0.5) is 5.69 Å². The van der Waals surface area contributed by atoms with E-state index >= 15 is 0 Å². The average molecular weight is 235 g/mol. The number of hydrogen-bond donors (Lipinski definition) is 1. The first kappa shape index (κ1) is 11.2. The number of benzene rings is 1. The Morgan fingerprint density at radius 3 is 2.62 bits per heavy atom. The Morgan fingerprint density at radius 2 is 2.00 bits per heavy atom. The normalized spacial score (nSPS) is 16.1. The second-order valence-corrected chi connectivity index (χ2v) is 4.48. The van der Waals surface area contributed by atoms with E-state index in [0.29, 0.717) is 0 Å². The van der Waals surface area contributed by atoms with Crippen LogP contribution in [-0.2, 0) is 0 Å². The van der Waals surface area contributed by atoms with Gasteiger partial charge < -0.3 is 0 Å². The molecule has 1 N–H and O–H groups in total. The van der Waals surface area contributed by atoms with E-state index in [9.17, 15) is 0 Å². The molecule has 1 aliphatic carbocycles. The SMILES string of the molecule is Cc1ccc(NN=CC2=C(Cl)CCC2)cc1. The molecule has 0 saturated heterocycles. The molecule has 16 heavy (non-hydrogen) atoms. The van der Waals surface area contributed by atoms with E-state index in [0.717, 1.165) is 35.6 Å². The first-order valence-electron chi connectivity index (χ1n) is 5.49. The van der Waals surface area contributed by atoms with E-state index < -0.39 is 0 Å². The molecule has 0 unspecified atom stereocenters. The average Bonchev–Trinajstić information content (AvgIpc) is 2.68. The van der Waals surface area contributed by atoms with Crippen molar-refractivity contribution in [2.24, 2.45) is 5.10 Å². The number of rotatable bonds is 3. The lowest BCUT2D eigenvalue weighted by Gasteiger charge is -2.00. The summed E-state index contributed by atoms with van der Waals surface area (Å²) in [5.41, 5.74) is 6.39. The Kier molecular flexibility index (Phi) is 3.62. The molecule has 0 amide bonds. The van der Waals surface area contributed by atoms with Crippen molar-refractivity contribution in [2.45, 2.75) is 26.2 Å². The molecule has 0 fully saturated rings. The highest BCUT2D eigenvalue weighted by Crippen LogP contribution is 2.27. The smallest absolute Gasteiger partial charge is 0.0561 e. The predicted octanol–water partition coefficient (Wildman–Crippen LogP) is 4.07. The highest BCUT2D eigenvalue weighted by Gasteiger charge is 2.09. The van der Waals surface area contributed by atoms with Gasteiger partial charge in [0.1, 0.15) is 0 Å². The lowest BCUT2D eigenvalue weighted by molar-refractivity contribution is 0.917. The summed E-state index contributed by atoms with van der Waals surface area (Å²) in [5.74, 6) is 0. The summed E-state index contributed by atoms with van der Waals surface area (Å²) in [6, 6.07) is 8.13. The molecule has 84 valence electrons. The lowest BCUT2D eigenvalue weighted by atomic mass is 10.2. The van der Waals surface area contributed by atoms with E-state index in [1.807, 2.05) is 18.3 Å². The number of halogens is 1. The summed E-state index contributed by atoms with van der Waals surface area (Å²) >= 11 is 6.04. The Balaban J connectivity index is 1.94. The van der Waals surface area contributed by atoms with Crippen LogP contribution in [0.2, 0.25) is 0 Å². The first-order chi connectivity index (χ1) is 7.75. The Hall–Kier alpha value is -1.28. The predicted molar refractivity (Wildman–Crippen MR) is 70.0 cm³/mol. The molecule has 1 aliphatic rings. The first-order valence-corrected chi connectivity index (χ1v) is 5.87. The maximum Gasteiger partial charge on any atom is 0.0561 e. The fraction of sp³-hybridized carbons (Fsp3) is 0.308. The van der Waals surface area contributed by atoms with Crippen molar-refractivity contribution in [3.05, 3.63) is 40.4 Å². The third-order valence-electron chi connectivity index (χ3n) is 2.66. The van der Waals surface area contributed by atoms with Crippen molar-refractivity contribution in [3.63, 3.8) is 0 Å². The highest BCUT2D eigenvalue weighted by molar-refractivity contribution is 6.31. The number of nitrogens with one attached hydrogen (secondary N) is 1. The number of aryl methyl sites for hydroxylation is 1. The van der Waals surface area contributed by atoms with Crippen molar-refractivity contribution in [1.29, 1.82) is 0 Å². The third kappa shape index (κ3) is 2.86. The summed E-state index contributed by atoms with van der Waals surface area (Å²) < 4.78 is 0. The van der Waals surface area contributed by atoms with Gasteiger partial charge in [0.2, 0.25) is 0 Å². The number of allylic oxidation sites excluding steroid dienone is 2. The molecule has 0 aliphatic heterocycles. The summed E-state index contributed by atoms with van der Waals surface area (Å²) in [7, 11) is 0. The van der Waals surface area contributed by atoms with Gasteiger partial charge in [-0.05, 0) is 43.9 Å². The van der Waals surface area contributed by atoms with E-state index in [2.05, 4.69) is 29.6 Å². The quantitative estimate of drug-likeness (QED) is 0.619. The summed E-state index contributed by atoms with van der Waals surface area (Å²) in [6.07, 6.45) is 5.01. The van der Waals surface area contributed by atoms with Crippen LogP contribution in [0.25, 0.3) is 0 Å². The minimum Gasteiger partial charge on any atom is -0.279 e. The van der Waals surface area contributed by atoms with Crippen LogP contribution in [0.15, 0.2) is 40.0 Å². The molecular formula is C13H15ClN2. The van der Waals surface area contributed by atoms with Gasteiger partial charge in [0, 0.05) is 5.03 Å². The second kappa shape index (κ2) is 5.17.